The smallest absolute Gasteiger partial charge is 0.393 e. The molecule has 8 heteroatoms. The third-order valence-electron chi connectivity index (χ3n) is 4.06. The summed E-state index contributed by atoms with van der Waals surface area (Å²) in [5.74, 6) is -0.563. The van der Waals surface area contributed by atoms with E-state index < -0.39 is 30.3 Å². The van der Waals surface area contributed by atoms with Crippen LogP contribution >= 0.6 is 0 Å². The number of hydrogen-bond donors (Lipinski definition) is 2. The molecule has 1 amide bonds. The zero-order chi connectivity index (χ0) is 17.4. The standard InChI is InChI=1S/C16H16F3N3O2/c17-16(18,19)10-22-7-6-13(21-22)14(24)20-15(8-12(23)9-15)11-4-2-1-3-5-11/h1-7,12,23H,8-10H2,(H,20,24). The highest BCUT2D eigenvalue weighted by atomic mass is 19.4. The largest absolute Gasteiger partial charge is 0.408 e. The summed E-state index contributed by atoms with van der Waals surface area (Å²) in [6.45, 7) is -1.25. The molecular weight excluding hydrogens is 323 g/mol. The van der Waals surface area contributed by atoms with Crippen molar-refractivity contribution in [1.29, 1.82) is 0 Å². The Hall–Kier alpha value is -2.35. The number of carbonyl (C=O) groups excluding carboxylic acids is 1. The summed E-state index contributed by atoms with van der Waals surface area (Å²) in [5, 5.41) is 16.1. The number of halogens is 3. The van der Waals surface area contributed by atoms with Gasteiger partial charge in [0, 0.05) is 19.0 Å². The molecule has 3 rings (SSSR count). The molecule has 1 heterocycles. The highest BCUT2D eigenvalue weighted by Crippen LogP contribution is 2.41. The van der Waals surface area contributed by atoms with Crippen molar-refractivity contribution in [2.75, 3.05) is 0 Å². The van der Waals surface area contributed by atoms with Crippen molar-refractivity contribution in [2.24, 2.45) is 0 Å². The highest BCUT2D eigenvalue weighted by Gasteiger charge is 2.46. The number of hydrogen-bond acceptors (Lipinski definition) is 3. The molecule has 1 aromatic carbocycles. The van der Waals surface area contributed by atoms with Gasteiger partial charge in [-0.25, -0.2) is 0 Å². The molecule has 0 bridgehead atoms. The first-order valence-corrected chi connectivity index (χ1v) is 7.44. The van der Waals surface area contributed by atoms with Gasteiger partial charge in [0.15, 0.2) is 0 Å². The zero-order valence-corrected chi connectivity index (χ0v) is 12.6. The van der Waals surface area contributed by atoms with Crippen LogP contribution in [0.25, 0.3) is 0 Å². The number of alkyl halides is 3. The lowest BCUT2D eigenvalue weighted by Crippen LogP contribution is -2.56. The molecule has 5 nitrogen and oxygen atoms in total. The van der Waals surface area contributed by atoms with Crippen molar-refractivity contribution in [1.82, 2.24) is 15.1 Å². The van der Waals surface area contributed by atoms with Crippen LogP contribution < -0.4 is 5.32 Å². The number of carbonyl (C=O) groups is 1. The Morgan fingerprint density at radius 2 is 1.96 bits per heavy atom. The van der Waals surface area contributed by atoms with Crippen LogP contribution in [-0.4, -0.2) is 33.1 Å². The fraction of sp³-hybridized carbons (Fsp3) is 0.375. The van der Waals surface area contributed by atoms with E-state index in [2.05, 4.69) is 10.4 Å². The van der Waals surface area contributed by atoms with Gasteiger partial charge < -0.3 is 10.4 Å². The van der Waals surface area contributed by atoms with E-state index in [1.807, 2.05) is 30.3 Å². The monoisotopic (exact) mass is 339 g/mol. The maximum absolute atomic E-state index is 12.4. The van der Waals surface area contributed by atoms with Gasteiger partial charge in [0.25, 0.3) is 5.91 Å². The second kappa shape index (κ2) is 5.94. The van der Waals surface area contributed by atoms with E-state index >= 15 is 0 Å². The number of rotatable bonds is 4. The van der Waals surface area contributed by atoms with E-state index in [0.717, 1.165) is 11.8 Å². The first-order chi connectivity index (χ1) is 11.3. The summed E-state index contributed by atoms with van der Waals surface area (Å²) in [5.41, 5.74) is 0.0419. The molecule has 0 atom stereocenters. The van der Waals surface area contributed by atoms with Gasteiger partial charge in [-0.15, -0.1) is 0 Å². The maximum atomic E-state index is 12.4. The van der Waals surface area contributed by atoms with E-state index in [1.54, 1.807) is 0 Å². The number of aliphatic hydroxyl groups is 1. The molecule has 0 radical (unpaired) electrons. The second-order valence-electron chi connectivity index (χ2n) is 5.98. The van der Waals surface area contributed by atoms with Crippen molar-refractivity contribution in [3.63, 3.8) is 0 Å². The first-order valence-electron chi connectivity index (χ1n) is 7.44. The molecule has 2 aromatic rings. The van der Waals surface area contributed by atoms with Crippen molar-refractivity contribution >= 4 is 5.91 Å². The van der Waals surface area contributed by atoms with Gasteiger partial charge in [0.2, 0.25) is 0 Å². The van der Waals surface area contributed by atoms with Crippen LogP contribution in [0.2, 0.25) is 0 Å². The normalized spacial score (nSPS) is 23.6. The lowest BCUT2D eigenvalue weighted by molar-refractivity contribution is -0.142. The van der Waals surface area contributed by atoms with Crippen LogP contribution in [0.5, 0.6) is 0 Å². The summed E-state index contributed by atoms with van der Waals surface area (Å²) in [4.78, 5) is 12.4. The molecule has 1 aliphatic rings. The summed E-state index contributed by atoms with van der Waals surface area (Å²) in [6.07, 6.45) is -3.10. The van der Waals surface area contributed by atoms with Gasteiger partial charge in [-0.1, -0.05) is 30.3 Å². The molecule has 2 N–H and O–H groups in total. The average Bonchev–Trinajstić information content (AvgIpc) is 2.92. The van der Waals surface area contributed by atoms with E-state index in [-0.39, 0.29) is 5.69 Å². The molecule has 0 saturated heterocycles. The zero-order valence-electron chi connectivity index (χ0n) is 12.6. The van der Waals surface area contributed by atoms with Gasteiger partial charge in [-0.05, 0) is 11.6 Å². The molecule has 0 spiro atoms. The van der Waals surface area contributed by atoms with Gasteiger partial charge >= 0.3 is 6.18 Å². The minimum atomic E-state index is -4.40. The first kappa shape index (κ1) is 16.5. The van der Waals surface area contributed by atoms with Crippen LogP contribution in [-0.2, 0) is 12.1 Å². The molecule has 1 aliphatic carbocycles. The molecule has 24 heavy (non-hydrogen) atoms. The average molecular weight is 339 g/mol. The second-order valence-corrected chi connectivity index (χ2v) is 5.98. The summed E-state index contributed by atoms with van der Waals surface area (Å²) >= 11 is 0. The topological polar surface area (TPSA) is 67.2 Å². The lowest BCUT2D eigenvalue weighted by atomic mass is 9.69. The maximum Gasteiger partial charge on any atom is 0.408 e. The SMILES string of the molecule is O=C(NC1(c2ccccc2)CC(O)C1)c1ccn(CC(F)(F)F)n1. The Labute approximate surface area is 136 Å². The number of benzene rings is 1. The van der Waals surface area contributed by atoms with Crippen molar-refractivity contribution in [2.45, 2.75) is 37.2 Å². The Bertz CT molecular complexity index is 722. The van der Waals surface area contributed by atoms with Crippen molar-refractivity contribution in [3.8, 4) is 0 Å². The molecule has 0 aliphatic heterocycles. The quantitative estimate of drug-likeness (QED) is 0.898. The third kappa shape index (κ3) is 3.43. The fourth-order valence-corrected chi connectivity index (χ4v) is 2.95. The number of aliphatic hydroxyl groups excluding tert-OH is 1. The number of aromatic nitrogens is 2. The number of amides is 1. The predicted molar refractivity (Wildman–Crippen MR) is 79.1 cm³/mol. The summed E-state index contributed by atoms with van der Waals surface area (Å²) in [7, 11) is 0. The number of nitrogens with zero attached hydrogens (tertiary/aromatic N) is 2. The minimum absolute atomic E-state index is 0.0871. The molecule has 128 valence electrons. The third-order valence-corrected chi connectivity index (χ3v) is 4.06. The summed E-state index contributed by atoms with van der Waals surface area (Å²) < 4.78 is 37.8. The van der Waals surface area contributed by atoms with Crippen molar-refractivity contribution < 1.29 is 23.1 Å². The number of nitrogens with one attached hydrogen (secondary N) is 1. The van der Waals surface area contributed by atoms with Crippen LogP contribution in [0.1, 0.15) is 28.9 Å². The van der Waals surface area contributed by atoms with E-state index in [1.165, 1.54) is 6.07 Å². The van der Waals surface area contributed by atoms with Gasteiger partial charge in [-0.3, -0.25) is 9.48 Å². The predicted octanol–water partition coefficient (Wildman–Crippen LogP) is 2.23. The van der Waals surface area contributed by atoms with Gasteiger partial charge in [0.05, 0.1) is 11.6 Å². The Balaban J connectivity index is 1.76. The lowest BCUT2D eigenvalue weighted by Gasteiger charge is -2.46. The Morgan fingerprint density at radius 1 is 1.29 bits per heavy atom. The Morgan fingerprint density at radius 3 is 2.54 bits per heavy atom. The van der Waals surface area contributed by atoms with Crippen LogP contribution in [0, 0.1) is 0 Å². The van der Waals surface area contributed by atoms with E-state index in [0.29, 0.717) is 17.5 Å². The van der Waals surface area contributed by atoms with Crippen LogP contribution in [0.4, 0.5) is 13.2 Å². The fourth-order valence-electron chi connectivity index (χ4n) is 2.95. The van der Waals surface area contributed by atoms with E-state index in [4.69, 9.17) is 0 Å². The highest BCUT2D eigenvalue weighted by molar-refractivity contribution is 5.92. The van der Waals surface area contributed by atoms with Crippen molar-refractivity contribution in [3.05, 3.63) is 53.9 Å². The van der Waals surface area contributed by atoms with Crippen LogP contribution in [0.15, 0.2) is 42.6 Å². The summed E-state index contributed by atoms with van der Waals surface area (Å²) in [6, 6.07) is 10.4. The molecule has 1 saturated carbocycles. The van der Waals surface area contributed by atoms with Gasteiger partial charge in [-0.2, -0.15) is 18.3 Å². The Kier molecular flexibility index (Phi) is 4.08. The molecule has 1 fully saturated rings. The minimum Gasteiger partial charge on any atom is -0.393 e. The molecular formula is C16H16F3N3O2. The van der Waals surface area contributed by atoms with Crippen LogP contribution in [0.3, 0.4) is 0 Å². The van der Waals surface area contributed by atoms with E-state index in [9.17, 15) is 23.1 Å². The van der Waals surface area contributed by atoms with Gasteiger partial charge in [0.1, 0.15) is 12.2 Å². The molecule has 1 aromatic heterocycles. The molecule has 0 unspecified atom stereocenters.